The van der Waals surface area contributed by atoms with Crippen molar-refractivity contribution >= 4 is 11.6 Å². The van der Waals surface area contributed by atoms with Crippen molar-refractivity contribution in [2.45, 2.75) is 38.6 Å². The van der Waals surface area contributed by atoms with Gasteiger partial charge in [-0.1, -0.05) is 61.3 Å². The molecule has 0 saturated heterocycles. The van der Waals surface area contributed by atoms with E-state index in [0.29, 0.717) is 0 Å². The minimum absolute atomic E-state index is 0.0219. The number of benzene rings is 2. The Kier molecular flexibility index (Phi) is 5.63. The number of hydrogen-bond donors (Lipinski definition) is 1. The zero-order valence-electron chi connectivity index (χ0n) is 12.0. The molecule has 1 nitrogen and oxygen atoms in total. The molecule has 2 heteroatoms. The molecule has 2 N–H and O–H groups in total. The van der Waals surface area contributed by atoms with Gasteiger partial charge in [0.2, 0.25) is 0 Å². The topological polar surface area (TPSA) is 26.0 Å². The molecule has 2 aromatic rings. The Morgan fingerprint density at radius 2 is 1.80 bits per heavy atom. The predicted molar refractivity (Wildman–Crippen MR) is 87.1 cm³/mol. The van der Waals surface area contributed by atoms with Gasteiger partial charge in [-0.25, -0.2) is 0 Å². The van der Waals surface area contributed by atoms with Gasteiger partial charge in [0.1, 0.15) is 0 Å². The predicted octanol–water partition coefficient (Wildman–Crippen LogP) is 4.93. The van der Waals surface area contributed by atoms with Gasteiger partial charge in [-0.2, -0.15) is 0 Å². The van der Waals surface area contributed by atoms with Crippen molar-refractivity contribution in [3.63, 3.8) is 0 Å². The summed E-state index contributed by atoms with van der Waals surface area (Å²) < 4.78 is 0. The van der Waals surface area contributed by atoms with Crippen LogP contribution in [-0.2, 0) is 12.8 Å². The summed E-state index contributed by atoms with van der Waals surface area (Å²) in [6, 6.07) is 16.6. The van der Waals surface area contributed by atoms with Crippen LogP contribution < -0.4 is 5.73 Å². The first-order valence-electron chi connectivity index (χ1n) is 7.28. The smallest absolute Gasteiger partial charge is 0.0408 e. The summed E-state index contributed by atoms with van der Waals surface area (Å²) in [4.78, 5) is 0. The zero-order valence-corrected chi connectivity index (χ0v) is 12.7. The maximum absolute atomic E-state index is 6.28. The minimum Gasteiger partial charge on any atom is -0.324 e. The third-order valence-electron chi connectivity index (χ3n) is 3.57. The summed E-state index contributed by atoms with van der Waals surface area (Å²) >= 11 is 6.00. The average Bonchev–Trinajstić information content (AvgIpc) is 2.45. The monoisotopic (exact) mass is 287 g/mol. The van der Waals surface area contributed by atoms with Crippen LogP contribution in [0.1, 0.15) is 42.5 Å². The molecule has 0 bridgehead atoms. The highest BCUT2D eigenvalue weighted by Gasteiger charge is 2.07. The highest BCUT2D eigenvalue weighted by Crippen LogP contribution is 2.19. The van der Waals surface area contributed by atoms with Crippen LogP contribution >= 0.6 is 11.6 Å². The molecule has 0 aliphatic carbocycles. The summed E-state index contributed by atoms with van der Waals surface area (Å²) in [7, 11) is 0. The number of rotatable bonds is 6. The average molecular weight is 288 g/mol. The molecule has 0 amide bonds. The standard InChI is InChI=1S/C18H22ClN/c1-2-3-5-14-8-10-16(11-9-14)18(20)13-15-6-4-7-17(19)12-15/h4,6-12,18H,2-3,5,13,20H2,1H3. The molecule has 106 valence electrons. The summed E-state index contributed by atoms with van der Waals surface area (Å²) in [6.45, 7) is 2.22. The van der Waals surface area contributed by atoms with Gasteiger partial charge in [0.05, 0.1) is 0 Å². The van der Waals surface area contributed by atoms with Gasteiger partial charge in [0.25, 0.3) is 0 Å². The lowest BCUT2D eigenvalue weighted by Crippen LogP contribution is -2.13. The summed E-state index contributed by atoms with van der Waals surface area (Å²) in [5, 5.41) is 0.768. The van der Waals surface area contributed by atoms with Crippen LogP contribution in [0.5, 0.6) is 0 Å². The van der Waals surface area contributed by atoms with Gasteiger partial charge in [-0.15, -0.1) is 0 Å². The van der Waals surface area contributed by atoms with Crippen LogP contribution in [-0.4, -0.2) is 0 Å². The van der Waals surface area contributed by atoms with Gasteiger partial charge in [-0.05, 0) is 48.1 Å². The molecule has 1 atom stereocenters. The molecule has 0 aliphatic heterocycles. The van der Waals surface area contributed by atoms with E-state index in [1.165, 1.54) is 29.5 Å². The highest BCUT2D eigenvalue weighted by atomic mass is 35.5. The molecule has 0 aromatic heterocycles. The normalized spacial score (nSPS) is 12.3. The van der Waals surface area contributed by atoms with Crippen LogP contribution in [0.2, 0.25) is 5.02 Å². The third kappa shape index (κ3) is 4.36. The number of unbranched alkanes of at least 4 members (excludes halogenated alkanes) is 1. The SMILES string of the molecule is CCCCc1ccc(C(N)Cc2cccc(Cl)c2)cc1. The molecule has 0 aliphatic rings. The third-order valence-corrected chi connectivity index (χ3v) is 3.81. The van der Waals surface area contributed by atoms with E-state index in [-0.39, 0.29) is 6.04 Å². The maximum atomic E-state index is 6.28. The molecule has 2 rings (SSSR count). The van der Waals surface area contributed by atoms with E-state index in [2.05, 4.69) is 37.3 Å². The fourth-order valence-electron chi connectivity index (χ4n) is 2.35. The van der Waals surface area contributed by atoms with E-state index in [1.807, 2.05) is 18.2 Å². The second-order valence-corrected chi connectivity index (χ2v) is 5.72. The van der Waals surface area contributed by atoms with E-state index in [0.717, 1.165) is 17.9 Å². The van der Waals surface area contributed by atoms with Crippen molar-refractivity contribution in [2.75, 3.05) is 0 Å². The number of halogens is 1. The van der Waals surface area contributed by atoms with Gasteiger partial charge in [0, 0.05) is 11.1 Å². The molecule has 0 spiro atoms. The molecule has 1 unspecified atom stereocenters. The Labute approximate surface area is 126 Å². The van der Waals surface area contributed by atoms with Crippen LogP contribution in [0.15, 0.2) is 48.5 Å². The van der Waals surface area contributed by atoms with Crippen LogP contribution in [0.3, 0.4) is 0 Å². The Morgan fingerprint density at radius 3 is 2.45 bits per heavy atom. The van der Waals surface area contributed by atoms with Gasteiger partial charge in [0.15, 0.2) is 0 Å². The Balaban J connectivity index is 2.00. The van der Waals surface area contributed by atoms with Crippen molar-refractivity contribution in [1.29, 1.82) is 0 Å². The minimum atomic E-state index is 0.0219. The van der Waals surface area contributed by atoms with E-state index in [4.69, 9.17) is 17.3 Å². The molecular weight excluding hydrogens is 266 g/mol. The molecule has 0 radical (unpaired) electrons. The first-order chi connectivity index (χ1) is 9.69. The van der Waals surface area contributed by atoms with Crippen molar-refractivity contribution in [2.24, 2.45) is 5.73 Å². The first-order valence-corrected chi connectivity index (χ1v) is 7.65. The number of hydrogen-bond acceptors (Lipinski definition) is 1. The Morgan fingerprint density at radius 1 is 1.05 bits per heavy atom. The van der Waals surface area contributed by atoms with Crippen molar-refractivity contribution < 1.29 is 0 Å². The largest absolute Gasteiger partial charge is 0.324 e. The molecule has 0 saturated carbocycles. The lowest BCUT2D eigenvalue weighted by Gasteiger charge is -2.13. The van der Waals surface area contributed by atoms with E-state index in [1.54, 1.807) is 0 Å². The van der Waals surface area contributed by atoms with Crippen LogP contribution in [0.25, 0.3) is 0 Å². The zero-order chi connectivity index (χ0) is 14.4. The second-order valence-electron chi connectivity index (χ2n) is 5.29. The molecular formula is C18H22ClN. The summed E-state index contributed by atoms with van der Waals surface area (Å²) in [6.07, 6.45) is 4.44. The molecule has 0 fully saturated rings. The van der Waals surface area contributed by atoms with Crippen molar-refractivity contribution in [3.05, 3.63) is 70.2 Å². The van der Waals surface area contributed by atoms with Gasteiger partial charge < -0.3 is 5.73 Å². The Hall–Kier alpha value is -1.31. The second kappa shape index (κ2) is 7.47. The van der Waals surface area contributed by atoms with E-state index in [9.17, 15) is 0 Å². The highest BCUT2D eigenvalue weighted by molar-refractivity contribution is 6.30. The number of nitrogens with two attached hydrogens (primary N) is 1. The molecule has 2 aromatic carbocycles. The molecule has 0 heterocycles. The fourth-order valence-corrected chi connectivity index (χ4v) is 2.56. The van der Waals surface area contributed by atoms with E-state index >= 15 is 0 Å². The van der Waals surface area contributed by atoms with Crippen LogP contribution in [0, 0.1) is 0 Å². The van der Waals surface area contributed by atoms with Crippen molar-refractivity contribution in [3.8, 4) is 0 Å². The van der Waals surface area contributed by atoms with Gasteiger partial charge >= 0.3 is 0 Å². The van der Waals surface area contributed by atoms with Gasteiger partial charge in [-0.3, -0.25) is 0 Å². The molecule has 20 heavy (non-hydrogen) atoms. The lowest BCUT2D eigenvalue weighted by molar-refractivity contribution is 0.720. The maximum Gasteiger partial charge on any atom is 0.0408 e. The van der Waals surface area contributed by atoms with E-state index < -0.39 is 0 Å². The van der Waals surface area contributed by atoms with Crippen molar-refractivity contribution in [1.82, 2.24) is 0 Å². The Bertz CT molecular complexity index is 533. The fraction of sp³-hybridized carbons (Fsp3) is 0.333. The number of aryl methyl sites for hydroxylation is 1. The quantitative estimate of drug-likeness (QED) is 0.801. The lowest BCUT2D eigenvalue weighted by atomic mass is 9.98. The first kappa shape index (κ1) is 15.1. The summed E-state index contributed by atoms with van der Waals surface area (Å²) in [5.41, 5.74) is 10.0. The van der Waals surface area contributed by atoms with Crippen LogP contribution in [0.4, 0.5) is 0 Å². The summed E-state index contributed by atoms with van der Waals surface area (Å²) in [5.74, 6) is 0.